The van der Waals surface area contributed by atoms with Crippen LogP contribution in [0.25, 0.3) is 0 Å². The SMILES string of the molecule is CCCCNC(=O)[C@@H](C)N(Cc1cccc(C)c1)C(=O)COc1ccc(C)cc1C. The Labute approximate surface area is 180 Å². The van der Waals surface area contributed by atoms with Crippen LogP contribution in [0.3, 0.4) is 0 Å². The quantitative estimate of drug-likeness (QED) is 0.593. The maximum Gasteiger partial charge on any atom is 0.261 e. The Hall–Kier alpha value is -2.82. The summed E-state index contributed by atoms with van der Waals surface area (Å²) in [4.78, 5) is 27.3. The van der Waals surface area contributed by atoms with Crippen molar-refractivity contribution >= 4 is 11.8 Å². The molecule has 2 aromatic carbocycles. The monoisotopic (exact) mass is 410 g/mol. The number of nitrogens with zero attached hydrogens (tertiary/aromatic N) is 1. The zero-order chi connectivity index (χ0) is 22.1. The molecule has 0 aliphatic carbocycles. The molecule has 1 atom stereocenters. The molecule has 30 heavy (non-hydrogen) atoms. The highest BCUT2D eigenvalue weighted by molar-refractivity contribution is 5.88. The van der Waals surface area contributed by atoms with Crippen molar-refractivity contribution < 1.29 is 14.3 Å². The Bertz CT molecular complexity index is 863. The van der Waals surface area contributed by atoms with Gasteiger partial charge in [0, 0.05) is 13.1 Å². The summed E-state index contributed by atoms with van der Waals surface area (Å²) in [6.45, 7) is 10.7. The minimum atomic E-state index is -0.586. The van der Waals surface area contributed by atoms with Gasteiger partial charge in [0.1, 0.15) is 11.8 Å². The third-order valence-electron chi connectivity index (χ3n) is 5.11. The largest absolute Gasteiger partial charge is 0.483 e. The predicted molar refractivity (Wildman–Crippen MR) is 121 cm³/mol. The summed E-state index contributed by atoms with van der Waals surface area (Å²) in [6.07, 6.45) is 1.92. The number of hydrogen-bond donors (Lipinski definition) is 1. The van der Waals surface area contributed by atoms with Crippen LogP contribution < -0.4 is 10.1 Å². The van der Waals surface area contributed by atoms with Gasteiger partial charge in [-0.3, -0.25) is 9.59 Å². The first kappa shape index (κ1) is 23.5. The summed E-state index contributed by atoms with van der Waals surface area (Å²) >= 11 is 0. The predicted octanol–water partition coefficient (Wildman–Crippen LogP) is 4.32. The number of nitrogens with one attached hydrogen (secondary N) is 1. The van der Waals surface area contributed by atoms with E-state index in [1.54, 1.807) is 11.8 Å². The maximum atomic E-state index is 13.1. The highest BCUT2D eigenvalue weighted by Gasteiger charge is 2.26. The van der Waals surface area contributed by atoms with Crippen LogP contribution in [0, 0.1) is 20.8 Å². The Kier molecular flexibility index (Phi) is 8.90. The minimum absolute atomic E-state index is 0.109. The van der Waals surface area contributed by atoms with Gasteiger partial charge in [-0.1, -0.05) is 60.9 Å². The zero-order valence-electron chi connectivity index (χ0n) is 18.8. The van der Waals surface area contributed by atoms with Gasteiger partial charge >= 0.3 is 0 Å². The minimum Gasteiger partial charge on any atom is -0.483 e. The molecule has 162 valence electrons. The van der Waals surface area contributed by atoms with E-state index < -0.39 is 6.04 Å². The molecule has 0 heterocycles. The number of benzene rings is 2. The smallest absolute Gasteiger partial charge is 0.261 e. The molecular formula is C25H34N2O3. The van der Waals surface area contributed by atoms with Crippen molar-refractivity contribution in [3.8, 4) is 5.75 Å². The summed E-state index contributed by atoms with van der Waals surface area (Å²) in [5.74, 6) is 0.329. The lowest BCUT2D eigenvalue weighted by atomic mass is 10.1. The lowest BCUT2D eigenvalue weighted by Crippen LogP contribution is -2.49. The number of rotatable bonds is 10. The van der Waals surface area contributed by atoms with E-state index in [-0.39, 0.29) is 18.4 Å². The third kappa shape index (κ3) is 6.90. The molecule has 2 rings (SSSR count). The van der Waals surface area contributed by atoms with Crippen LogP contribution in [0.1, 0.15) is 48.9 Å². The molecule has 2 aromatic rings. The Morgan fingerprint density at radius 2 is 1.80 bits per heavy atom. The van der Waals surface area contributed by atoms with Gasteiger partial charge in [-0.15, -0.1) is 0 Å². The molecule has 0 unspecified atom stereocenters. The molecule has 0 fully saturated rings. The van der Waals surface area contributed by atoms with Gasteiger partial charge < -0.3 is 15.0 Å². The standard InChI is InChI=1S/C25H34N2O3/c1-6-7-13-26-25(29)21(5)27(16-22-10-8-9-18(2)15-22)24(28)17-30-23-12-11-19(3)14-20(23)4/h8-12,14-15,21H,6-7,13,16-17H2,1-5H3,(H,26,29)/t21-/m1/s1. The average Bonchev–Trinajstić information content (AvgIpc) is 2.71. The molecule has 1 N–H and O–H groups in total. The average molecular weight is 411 g/mol. The summed E-state index contributed by atoms with van der Waals surface area (Å²) in [5.41, 5.74) is 4.23. The molecule has 5 nitrogen and oxygen atoms in total. The topological polar surface area (TPSA) is 58.6 Å². The molecule has 0 aliphatic rings. The Morgan fingerprint density at radius 1 is 1.07 bits per heavy atom. The van der Waals surface area contributed by atoms with Gasteiger partial charge in [0.2, 0.25) is 5.91 Å². The van der Waals surface area contributed by atoms with E-state index in [0.717, 1.165) is 35.1 Å². The second-order valence-corrected chi connectivity index (χ2v) is 7.89. The summed E-state index contributed by atoms with van der Waals surface area (Å²) in [7, 11) is 0. The van der Waals surface area contributed by atoms with Crippen molar-refractivity contribution in [3.05, 3.63) is 64.7 Å². The first-order chi connectivity index (χ1) is 14.3. The number of aryl methyl sites for hydroxylation is 3. The Balaban J connectivity index is 2.13. The first-order valence-electron chi connectivity index (χ1n) is 10.6. The van der Waals surface area contributed by atoms with Crippen LogP contribution in [-0.2, 0) is 16.1 Å². The number of ether oxygens (including phenoxy) is 1. The van der Waals surface area contributed by atoms with Crippen molar-refractivity contribution in [2.45, 2.75) is 60.0 Å². The van der Waals surface area contributed by atoms with Gasteiger partial charge in [-0.05, 0) is 51.3 Å². The second-order valence-electron chi connectivity index (χ2n) is 7.89. The van der Waals surface area contributed by atoms with Crippen LogP contribution in [0.5, 0.6) is 5.75 Å². The van der Waals surface area contributed by atoms with E-state index in [1.165, 1.54) is 0 Å². The van der Waals surface area contributed by atoms with Gasteiger partial charge in [-0.2, -0.15) is 0 Å². The van der Waals surface area contributed by atoms with E-state index in [9.17, 15) is 9.59 Å². The second kappa shape index (κ2) is 11.4. The summed E-state index contributed by atoms with van der Waals surface area (Å²) in [6, 6.07) is 13.3. The van der Waals surface area contributed by atoms with Gasteiger partial charge in [0.05, 0.1) is 0 Å². The van der Waals surface area contributed by atoms with Gasteiger partial charge in [-0.25, -0.2) is 0 Å². The van der Waals surface area contributed by atoms with Crippen LogP contribution in [0.4, 0.5) is 0 Å². The molecule has 0 aliphatic heterocycles. The fourth-order valence-corrected chi connectivity index (χ4v) is 3.31. The van der Waals surface area contributed by atoms with Crippen molar-refractivity contribution in [2.24, 2.45) is 0 Å². The van der Waals surface area contributed by atoms with E-state index in [1.807, 2.05) is 63.2 Å². The van der Waals surface area contributed by atoms with E-state index in [4.69, 9.17) is 4.74 Å². The van der Waals surface area contributed by atoms with E-state index in [2.05, 4.69) is 12.2 Å². The Morgan fingerprint density at radius 3 is 2.47 bits per heavy atom. The first-order valence-corrected chi connectivity index (χ1v) is 10.6. The summed E-state index contributed by atoms with van der Waals surface area (Å²) < 4.78 is 5.80. The van der Waals surface area contributed by atoms with Crippen molar-refractivity contribution in [1.29, 1.82) is 0 Å². The molecule has 5 heteroatoms. The van der Waals surface area contributed by atoms with Crippen molar-refractivity contribution in [2.75, 3.05) is 13.2 Å². The van der Waals surface area contributed by atoms with Gasteiger partial charge in [0.25, 0.3) is 5.91 Å². The number of hydrogen-bond acceptors (Lipinski definition) is 3. The third-order valence-corrected chi connectivity index (χ3v) is 5.11. The molecule has 0 bridgehead atoms. The van der Waals surface area contributed by atoms with Crippen molar-refractivity contribution in [3.63, 3.8) is 0 Å². The van der Waals surface area contributed by atoms with E-state index >= 15 is 0 Å². The van der Waals surface area contributed by atoms with Crippen molar-refractivity contribution in [1.82, 2.24) is 10.2 Å². The lowest BCUT2D eigenvalue weighted by molar-refractivity contribution is -0.142. The molecule has 0 saturated carbocycles. The fourth-order valence-electron chi connectivity index (χ4n) is 3.31. The molecule has 0 aromatic heterocycles. The van der Waals surface area contributed by atoms with Crippen LogP contribution >= 0.6 is 0 Å². The maximum absolute atomic E-state index is 13.1. The fraction of sp³-hybridized carbons (Fsp3) is 0.440. The molecule has 0 spiro atoms. The molecule has 2 amide bonds. The highest BCUT2D eigenvalue weighted by Crippen LogP contribution is 2.19. The van der Waals surface area contributed by atoms with Gasteiger partial charge in [0.15, 0.2) is 6.61 Å². The number of amides is 2. The number of carbonyl (C=O) groups excluding carboxylic acids is 2. The van der Waals surface area contributed by atoms with Crippen LogP contribution in [0.15, 0.2) is 42.5 Å². The molecule has 0 radical (unpaired) electrons. The molecule has 0 saturated heterocycles. The van der Waals surface area contributed by atoms with E-state index in [0.29, 0.717) is 18.8 Å². The highest BCUT2D eigenvalue weighted by atomic mass is 16.5. The lowest BCUT2D eigenvalue weighted by Gasteiger charge is -2.29. The number of unbranched alkanes of at least 4 members (excludes halogenated alkanes) is 1. The van der Waals surface area contributed by atoms with Crippen LogP contribution in [-0.4, -0.2) is 35.9 Å². The van der Waals surface area contributed by atoms with Crippen LogP contribution in [0.2, 0.25) is 0 Å². The summed E-state index contributed by atoms with van der Waals surface area (Å²) in [5, 5.41) is 2.93. The normalized spacial score (nSPS) is 11.6. The zero-order valence-corrected chi connectivity index (χ0v) is 18.8. The molecular weight excluding hydrogens is 376 g/mol. The number of carbonyl (C=O) groups is 2.